The summed E-state index contributed by atoms with van der Waals surface area (Å²) in [6, 6.07) is 6.25. The molecule has 2 aliphatic rings. The highest BCUT2D eigenvalue weighted by atomic mass is 15.0. The van der Waals surface area contributed by atoms with Crippen LogP contribution in [0.15, 0.2) is 18.3 Å². The molecule has 1 N–H and O–H groups in total. The van der Waals surface area contributed by atoms with E-state index in [0.29, 0.717) is 11.6 Å². The first-order valence-electron chi connectivity index (χ1n) is 6.89. The van der Waals surface area contributed by atoms with Gasteiger partial charge in [-0.05, 0) is 56.1 Å². The van der Waals surface area contributed by atoms with Gasteiger partial charge in [-0.15, -0.1) is 0 Å². The quantitative estimate of drug-likeness (QED) is 0.884. The number of anilines is 1. The van der Waals surface area contributed by atoms with Crippen molar-refractivity contribution < 1.29 is 0 Å². The molecule has 2 saturated carbocycles. The van der Waals surface area contributed by atoms with Crippen LogP contribution in [0.4, 0.5) is 5.82 Å². The summed E-state index contributed by atoms with van der Waals surface area (Å²) >= 11 is 0. The Hall–Kier alpha value is -1.56. The number of aromatic nitrogens is 1. The van der Waals surface area contributed by atoms with Crippen LogP contribution in [-0.2, 0) is 0 Å². The molecule has 1 aromatic heterocycles. The Morgan fingerprint density at radius 2 is 2.33 bits per heavy atom. The lowest BCUT2D eigenvalue weighted by molar-refractivity contribution is 0.304. The van der Waals surface area contributed by atoms with Crippen LogP contribution < -0.4 is 5.32 Å². The molecule has 3 nitrogen and oxygen atoms in total. The van der Waals surface area contributed by atoms with Crippen molar-refractivity contribution >= 4 is 5.82 Å². The van der Waals surface area contributed by atoms with Crippen LogP contribution >= 0.6 is 0 Å². The average Bonchev–Trinajstić information content (AvgIpc) is 3.01. The van der Waals surface area contributed by atoms with E-state index in [1.165, 1.54) is 25.7 Å². The molecule has 0 unspecified atom stereocenters. The molecule has 0 saturated heterocycles. The van der Waals surface area contributed by atoms with Crippen molar-refractivity contribution in [2.45, 2.75) is 38.6 Å². The van der Waals surface area contributed by atoms with Gasteiger partial charge in [-0.2, -0.15) is 5.26 Å². The summed E-state index contributed by atoms with van der Waals surface area (Å²) in [5.74, 6) is 3.36. The van der Waals surface area contributed by atoms with Crippen molar-refractivity contribution in [3.8, 4) is 6.07 Å². The lowest BCUT2D eigenvalue weighted by atomic mass is 9.84. The normalized spacial score (nSPS) is 31.0. The second kappa shape index (κ2) is 4.61. The fraction of sp³-hybridized carbons (Fsp3) is 0.600. The van der Waals surface area contributed by atoms with Crippen LogP contribution in [0, 0.1) is 29.1 Å². The first kappa shape index (κ1) is 11.5. The van der Waals surface area contributed by atoms with Crippen LogP contribution in [0.3, 0.4) is 0 Å². The molecule has 3 heteroatoms. The highest BCUT2D eigenvalue weighted by Gasteiger charge is 2.41. The zero-order valence-electron chi connectivity index (χ0n) is 10.8. The number of nitriles is 1. The lowest BCUT2D eigenvalue weighted by Crippen LogP contribution is -2.30. The molecular weight excluding hydrogens is 222 g/mol. The molecule has 1 heterocycles. The molecule has 0 radical (unpaired) electrons. The van der Waals surface area contributed by atoms with Gasteiger partial charge in [0.25, 0.3) is 0 Å². The maximum Gasteiger partial charge on any atom is 0.144 e. The first-order chi connectivity index (χ1) is 8.78. The van der Waals surface area contributed by atoms with Gasteiger partial charge in [-0.25, -0.2) is 4.98 Å². The van der Waals surface area contributed by atoms with E-state index < -0.39 is 0 Å². The van der Waals surface area contributed by atoms with Gasteiger partial charge in [-0.3, -0.25) is 0 Å². The van der Waals surface area contributed by atoms with E-state index in [-0.39, 0.29) is 0 Å². The van der Waals surface area contributed by atoms with E-state index >= 15 is 0 Å². The minimum absolute atomic E-state index is 0.419. The van der Waals surface area contributed by atoms with Gasteiger partial charge < -0.3 is 5.32 Å². The van der Waals surface area contributed by atoms with E-state index in [2.05, 4.69) is 23.3 Å². The van der Waals surface area contributed by atoms with Gasteiger partial charge in [0.15, 0.2) is 0 Å². The second-order valence-electron chi connectivity index (χ2n) is 5.78. The number of rotatable bonds is 3. The van der Waals surface area contributed by atoms with E-state index in [0.717, 1.165) is 23.6 Å². The van der Waals surface area contributed by atoms with Gasteiger partial charge in [0.05, 0.1) is 5.56 Å². The van der Waals surface area contributed by atoms with Crippen LogP contribution in [0.2, 0.25) is 0 Å². The SMILES string of the molecule is C[C@H](Nc1ncccc1C#N)[C@H]1C[C@H]2CC[C@H]1C2. The zero-order valence-corrected chi connectivity index (χ0v) is 10.8. The third-order valence-electron chi connectivity index (χ3n) is 4.73. The van der Waals surface area contributed by atoms with E-state index in [1.54, 1.807) is 6.20 Å². The van der Waals surface area contributed by atoms with E-state index in [4.69, 9.17) is 5.26 Å². The molecule has 1 aromatic rings. The molecule has 0 spiro atoms. The number of pyridine rings is 1. The van der Waals surface area contributed by atoms with Gasteiger partial charge in [0, 0.05) is 12.2 Å². The molecule has 18 heavy (non-hydrogen) atoms. The predicted octanol–water partition coefficient (Wildman–Crippen LogP) is 3.19. The highest BCUT2D eigenvalue weighted by Crippen LogP contribution is 2.49. The van der Waals surface area contributed by atoms with E-state index in [9.17, 15) is 0 Å². The summed E-state index contributed by atoms with van der Waals surface area (Å²) < 4.78 is 0. The van der Waals surface area contributed by atoms with Crippen LogP contribution in [0.25, 0.3) is 0 Å². The minimum Gasteiger partial charge on any atom is -0.366 e. The maximum atomic E-state index is 9.07. The molecule has 2 aliphatic carbocycles. The number of nitrogens with zero attached hydrogens (tertiary/aromatic N) is 2. The van der Waals surface area contributed by atoms with Gasteiger partial charge in [-0.1, -0.05) is 6.42 Å². The lowest BCUT2D eigenvalue weighted by Gasteiger charge is -2.29. The zero-order chi connectivity index (χ0) is 12.5. The van der Waals surface area contributed by atoms with Crippen LogP contribution in [0.5, 0.6) is 0 Å². The predicted molar refractivity (Wildman–Crippen MR) is 71.0 cm³/mol. The fourth-order valence-electron chi connectivity index (χ4n) is 3.84. The summed E-state index contributed by atoms with van der Waals surface area (Å²) in [5.41, 5.74) is 0.646. The monoisotopic (exact) mass is 241 g/mol. The van der Waals surface area contributed by atoms with Crippen LogP contribution in [0.1, 0.15) is 38.2 Å². The first-order valence-corrected chi connectivity index (χ1v) is 6.89. The average molecular weight is 241 g/mol. The largest absolute Gasteiger partial charge is 0.366 e. The third kappa shape index (κ3) is 1.96. The minimum atomic E-state index is 0.419. The Morgan fingerprint density at radius 3 is 3.00 bits per heavy atom. The maximum absolute atomic E-state index is 9.07. The van der Waals surface area contributed by atoms with Crippen molar-refractivity contribution in [3.63, 3.8) is 0 Å². The van der Waals surface area contributed by atoms with Crippen LogP contribution in [-0.4, -0.2) is 11.0 Å². The van der Waals surface area contributed by atoms with Crippen molar-refractivity contribution in [2.24, 2.45) is 17.8 Å². The van der Waals surface area contributed by atoms with Gasteiger partial charge in [0.2, 0.25) is 0 Å². The number of hydrogen-bond acceptors (Lipinski definition) is 3. The van der Waals surface area contributed by atoms with E-state index in [1.807, 2.05) is 12.1 Å². The van der Waals surface area contributed by atoms with Crippen molar-refractivity contribution in [1.29, 1.82) is 5.26 Å². The molecule has 3 rings (SSSR count). The summed E-state index contributed by atoms with van der Waals surface area (Å²) in [5, 5.41) is 12.5. The highest BCUT2D eigenvalue weighted by molar-refractivity contribution is 5.51. The molecule has 0 aromatic carbocycles. The third-order valence-corrected chi connectivity index (χ3v) is 4.73. The molecular formula is C15H19N3. The summed E-state index contributed by atoms with van der Waals surface area (Å²) in [7, 11) is 0. The van der Waals surface area contributed by atoms with Crippen molar-refractivity contribution in [1.82, 2.24) is 4.98 Å². The van der Waals surface area contributed by atoms with Gasteiger partial charge >= 0.3 is 0 Å². The smallest absolute Gasteiger partial charge is 0.144 e. The topological polar surface area (TPSA) is 48.7 Å². The Bertz CT molecular complexity index is 477. The van der Waals surface area contributed by atoms with Crippen molar-refractivity contribution in [3.05, 3.63) is 23.9 Å². The molecule has 4 atom stereocenters. The standard InChI is InChI=1S/C15H19N3/c1-10(14-8-11-4-5-12(14)7-11)18-15-13(9-16)3-2-6-17-15/h2-3,6,10-12,14H,4-5,7-8H2,1H3,(H,17,18)/t10-,11-,12-,14+/m0/s1. The van der Waals surface area contributed by atoms with Gasteiger partial charge in [0.1, 0.15) is 11.9 Å². The summed E-state index contributed by atoms with van der Waals surface area (Å²) in [6.07, 6.45) is 7.35. The second-order valence-corrected chi connectivity index (χ2v) is 5.78. The number of hydrogen-bond donors (Lipinski definition) is 1. The number of fused-ring (bicyclic) bond motifs is 2. The molecule has 0 aliphatic heterocycles. The fourth-order valence-corrected chi connectivity index (χ4v) is 3.84. The Balaban J connectivity index is 1.71. The number of nitrogens with one attached hydrogen (secondary N) is 1. The Morgan fingerprint density at radius 1 is 1.44 bits per heavy atom. The summed E-state index contributed by atoms with van der Waals surface area (Å²) in [6.45, 7) is 2.24. The Labute approximate surface area is 108 Å². The molecule has 2 fully saturated rings. The summed E-state index contributed by atoms with van der Waals surface area (Å²) in [4.78, 5) is 4.29. The molecule has 2 bridgehead atoms. The molecule has 94 valence electrons. The van der Waals surface area contributed by atoms with Crippen molar-refractivity contribution in [2.75, 3.05) is 5.32 Å². The Kier molecular flexibility index (Phi) is 2.95. The molecule has 0 amide bonds.